The molecule has 0 rings (SSSR count). The summed E-state index contributed by atoms with van der Waals surface area (Å²) in [5.74, 6) is 0. The second-order valence-corrected chi connectivity index (χ2v) is 3.29. The van der Waals surface area contributed by atoms with Crippen molar-refractivity contribution in [1.29, 1.82) is 0 Å². The molecule has 0 aliphatic heterocycles. The molecule has 0 bridgehead atoms. The van der Waals surface area contributed by atoms with E-state index in [1.807, 2.05) is 6.92 Å². The molecular formula is C6H12IN. The van der Waals surface area contributed by atoms with Gasteiger partial charge in [-0.25, -0.2) is 0 Å². The van der Waals surface area contributed by atoms with Crippen LogP contribution in [0.3, 0.4) is 0 Å². The van der Waals surface area contributed by atoms with Crippen molar-refractivity contribution < 1.29 is 0 Å². The maximum atomic E-state index is 4.22. The van der Waals surface area contributed by atoms with Crippen LogP contribution in [0.2, 0.25) is 0 Å². The van der Waals surface area contributed by atoms with Crippen LogP contribution in [-0.4, -0.2) is 10.3 Å². The Kier molecular flexibility index (Phi) is 5.81. The van der Waals surface area contributed by atoms with Gasteiger partial charge in [-0.1, -0.05) is 13.3 Å². The molecule has 0 saturated heterocycles. The van der Waals surface area contributed by atoms with Crippen LogP contribution in [-0.2, 0) is 0 Å². The van der Waals surface area contributed by atoms with Gasteiger partial charge in [0.15, 0.2) is 0 Å². The third-order valence-corrected chi connectivity index (χ3v) is 1.18. The smallest absolute Gasteiger partial charge is 0.0697 e. The maximum Gasteiger partial charge on any atom is 0.0697 e. The van der Waals surface area contributed by atoms with E-state index in [0.29, 0.717) is 0 Å². The SMILES string of the molecule is CCCCN=C(C)I. The topological polar surface area (TPSA) is 12.4 Å². The standard InChI is InChI=1S/C6H12IN/c1-3-4-5-8-6(2)7/h3-5H2,1-2H3. The van der Waals surface area contributed by atoms with Gasteiger partial charge >= 0.3 is 0 Å². The lowest BCUT2D eigenvalue weighted by Gasteiger charge is -1.88. The van der Waals surface area contributed by atoms with Gasteiger partial charge in [-0.15, -0.1) is 0 Å². The van der Waals surface area contributed by atoms with Crippen molar-refractivity contribution in [2.24, 2.45) is 4.99 Å². The van der Waals surface area contributed by atoms with Crippen molar-refractivity contribution in [2.75, 3.05) is 6.54 Å². The van der Waals surface area contributed by atoms with Crippen molar-refractivity contribution >= 4 is 26.3 Å². The van der Waals surface area contributed by atoms with Gasteiger partial charge in [-0.3, -0.25) is 4.99 Å². The van der Waals surface area contributed by atoms with Crippen LogP contribution in [0.4, 0.5) is 0 Å². The molecule has 0 N–H and O–H groups in total. The quantitative estimate of drug-likeness (QED) is 0.397. The van der Waals surface area contributed by atoms with Crippen molar-refractivity contribution in [2.45, 2.75) is 26.7 Å². The number of unbranched alkanes of at least 4 members (excludes halogenated alkanes) is 1. The largest absolute Gasteiger partial charge is 0.284 e. The van der Waals surface area contributed by atoms with Gasteiger partial charge in [0.05, 0.1) is 3.72 Å². The fourth-order valence-electron chi connectivity index (χ4n) is 0.391. The van der Waals surface area contributed by atoms with Crippen LogP contribution < -0.4 is 0 Å². The van der Waals surface area contributed by atoms with Gasteiger partial charge in [-0.2, -0.15) is 0 Å². The summed E-state index contributed by atoms with van der Waals surface area (Å²) in [4.78, 5) is 4.22. The van der Waals surface area contributed by atoms with E-state index in [9.17, 15) is 0 Å². The van der Waals surface area contributed by atoms with Gasteiger partial charge in [0.1, 0.15) is 0 Å². The molecule has 0 aromatic rings. The molecule has 0 fully saturated rings. The van der Waals surface area contributed by atoms with E-state index in [0.717, 1.165) is 10.3 Å². The first-order valence-electron chi connectivity index (χ1n) is 2.94. The molecule has 1 nitrogen and oxygen atoms in total. The molecule has 0 spiro atoms. The van der Waals surface area contributed by atoms with E-state index in [-0.39, 0.29) is 0 Å². The number of halogens is 1. The molecule has 0 aromatic carbocycles. The summed E-state index contributed by atoms with van der Waals surface area (Å²) >= 11 is 2.23. The van der Waals surface area contributed by atoms with Gasteiger partial charge in [0, 0.05) is 6.54 Å². The summed E-state index contributed by atoms with van der Waals surface area (Å²) in [5, 5.41) is 0. The summed E-state index contributed by atoms with van der Waals surface area (Å²) in [6, 6.07) is 0. The molecule has 0 amide bonds. The highest BCUT2D eigenvalue weighted by Gasteiger charge is 1.79. The summed E-state index contributed by atoms with van der Waals surface area (Å²) in [5.41, 5.74) is 0. The Hall–Kier alpha value is 0.400. The van der Waals surface area contributed by atoms with E-state index in [2.05, 4.69) is 34.5 Å². The number of rotatable bonds is 3. The lowest BCUT2D eigenvalue weighted by molar-refractivity contribution is 0.809. The van der Waals surface area contributed by atoms with Crippen LogP contribution in [0.1, 0.15) is 26.7 Å². The fraction of sp³-hybridized carbons (Fsp3) is 0.833. The average Bonchev–Trinajstić information content (AvgIpc) is 1.66. The van der Waals surface area contributed by atoms with Crippen molar-refractivity contribution in [3.8, 4) is 0 Å². The van der Waals surface area contributed by atoms with Crippen LogP contribution in [0.25, 0.3) is 0 Å². The van der Waals surface area contributed by atoms with E-state index in [1.165, 1.54) is 12.8 Å². The zero-order chi connectivity index (χ0) is 6.41. The zero-order valence-corrected chi connectivity index (χ0v) is 7.60. The maximum absolute atomic E-state index is 4.22. The van der Waals surface area contributed by atoms with E-state index < -0.39 is 0 Å². The highest BCUT2D eigenvalue weighted by molar-refractivity contribution is 14.1. The molecule has 0 unspecified atom stereocenters. The van der Waals surface area contributed by atoms with Gasteiger partial charge in [0.25, 0.3) is 0 Å². The van der Waals surface area contributed by atoms with Crippen LogP contribution in [0, 0.1) is 0 Å². The lowest BCUT2D eigenvalue weighted by Crippen LogP contribution is -1.81. The Labute approximate surface area is 64.7 Å². The Balaban J connectivity index is 3.03. The first-order valence-corrected chi connectivity index (χ1v) is 4.01. The Bertz CT molecular complexity index is 74.6. The van der Waals surface area contributed by atoms with Crippen LogP contribution in [0.15, 0.2) is 4.99 Å². The lowest BCUT2D eigenvalue weighted by atomic mass is 10.3. The zero-order valence-electron chi connectivity index (χ0n) is 5.45. The molecule has 0 heterocycles. The summed E-state index contributed by atoms with van der Waals surface area (Å²) < 4.78 is 1.16. The van der Waals surface area contributed by atoms with E-state index in [1.54, 1.807) is 0 Å². The predicted molar refractivity (Wildman–Crippen MR) is 46.9 cm³/mol. The molecular weight excluding hydrogens is 213 g/mol. The minimum atomic E-state index is 1.01. The summed E-state index contributed by atoms with van der Waals surface area (Å²) in [7, 11) is 0. The third kappa shape index (κ3) is 6.40. The first-order chi connectivity index (χ1) is 3.77. The first kappa shape index (κ1) is 8.40. The van der Waals surface area contributed by atoms with Crippen molar-refractivity contribution in [3.05, 3.63) is 0 Å². The number of hydrogen-bond donors (Lipinski definition) is 0. The normalized spacial score (nSPS) is 12.1. The van der Waals surface area contributed by atoms with Crippen molar-refractivity contribution in [1.82, 2.24) is 0 Å². The molecule has 0 aliphatic carbocycles. The Morgan fingerprint density at radius 3 is 2.62 bits per heavy atom. The minimum absolute atomic E-state index is 1.01. The Morgan fingerprint density at radius 2 is 2.25 bits per heavy atom. The molecule has 2 heteroatoms. The third-order valence-electron chi connectivity index (χ3n) is 0.841. The molecule has 0 aromatic heterocycles. The van der Waals surface area contributed by atoms with Gasteiger partial charge in [0.2, 0.25) is 0 Å². The van der Waals surface area contributed by atoms with E-state index >= 15 is 0 Å². The van der Waals surface area contributed by atoms with Gasteiger partial charge in [-0.05, 0) is 35.9 Å². The van der Waals surface area contributed by atoms with Crippen LogP contribution in [0.5, 0.6) is 0 Å². The van der Waals surface area contributed by atoms with Gasteiger partial charge < -0.3 is 0 Å². The highest BCUT2D eigenvalue weighted by Crippen LogP contribution is 1.92. The van der Waals surface area contributed by atoms with Crippen LogP contribution >= 0.6 is 22.6 Å². The summed E-state index contributed by atoms with van der Waals surface area (Å²) in [6.07, 6.45) is 2.47. The number of nitrogens with zero attached hydrogens (tertiary/aromatic N) is 1. The number of hydrogen-bond acceptors (Lipinski definition) is 1. The molecule has 0 atom stereocenters. The highest BCUT2D eigenvalue weighted by atomic mass is 127. The van der Waals surface area contributed by atoms with Crippen molar-refractivity contribution in [3.63, 3.8) is 0 Å². The predicted octanol–water partition coefficient (Wildman–Crippen LogP) is 2.64. The molecule has 8 heavy (non-hydrogen) atoms. The minimum Gasteiger partial charge on any atom is -0.284 e. The molecule has 48 valence electrons. The molecule has 0 aliphatic rings. The second kappa shape index (κ2) is 5.54. The molecule has 0 saturated carbocycles. The second-order valence-electron chi connectivity index (χ2n) is 1.73. The summed E-state index contributed by atoms with van der Waals surface area (Å²) in [6.45, 7) is 5.21. The Morgan fingerprint density at radius 1 is 1.62 bits per heavy atom. The molecule has 0 radical (unpaired) electrons. The monoisotopic (exact) mass is 225 g/mol. The fourth-order valence-corrected chi connectivity index (χ4v) is 0.632. The average molecular weight is 225 g/mol. The number of aliphatic imine (C=N–C) groups is 1. The van der Waals surface area contributed by atoms with E-state index in [4.69, 9.17) is 0 Å².